The van der Waals surface area contributed by atoms with E-state index in [0.717, 1.165) is 23.9 Å². The fourth-order valence-electron chi connectivity index (χ4n) is 2.25. The summed E-state index contributed by atoms with van der Waals surface area (Å²) in [5, 5.41) is 9.90. The number of aromatic nitrogens is 3. The molecule has 3 N–H and O–H groups in total. The maximum atomic E-state index is 9.50. The summed E-state index contributed by atoms with van der Waals surface area (Å²) in [7, 11) is 0.500. The summed E-state index contributed by atoms with van der Waals surface area (Å²) in [6.45, 7) is 0.0623. The van der Waals surface area contributed by atoms with E-state index in [1.807, 2.05) is 16.8 Å². The van der Waals surface area contributed by atoms with E-state index < -0.39 is 0 Å². The van der Waals surface area contributed by atoms with Crippen molar-refractivity contribution < 1.29 is 14.2 Å². The molecule has 1 fully saturated rings. The van der Waals surface area contributed by atoms with Crippen LogP contribution >= 0.6 is 0 Å². The molecule has 2 aromatic rings. The summed E-state index contributed by atoms with van der Waals surface area (Å²) in [6.07, 6.45) is 4.95. The van der Waals surface area contributed by atoms with Gasteiger partial charge in [-0.2, -0.15) is 0 Å². The number of anilines is 1. The van der Waals surface area contributed by atoms with Crippen LogP contribution in [0.2, 0.25) is 0 Å². The molecule has 19 heavy (non-hydrogen) atoms. The van der Waals surface area contributed by atoms with Gasteiger partial charge >= 0.3 is 0 Å². The smallest absolute Gasteiger partial charge is 0.147 e. The second kappa shape index (κ2) is 5.94. The Bertz CT molecular complexity index is 546. The molecule has 0 aromatic carbocycles. The van der Waals surface area contributed by atoms with Crippen LogP contribution in [-0.4, -0.2) is 39.5 Å². The fourth-order valence-corrected chi connectivity index (χ4v) is 2.25. The van der Waals surface area contributed by atoms with Crippen molar-refractivity contribution in [3.05, 3.63) is 18.6 Å². The first kappa shape index (κ1) is 13.7. The van der Waals surface area contributed by atoms with Crippen molar-refractivity contribution in [1.82, 2.24) is 14.5 Å². The average Bonchev–Trinajstić information content (AvgIpc) is 3.07. The number of rotatable bonds is 2. The molecular weight excluding hydrogens is 251 g/mol. The van der Waals surface area contributed by atoms with Crippen molar-refractivity contribution >= 4 is 16.9 Å². The Balaban J connectivity index is 0.000000637. The topological polar surface area (TPSA) is 86.2 Å². The zero-order valence-corrected chi connectivity index (χ0v) is 10.7. The zero-order chi connectivity index (χ0) is 13.8. The first-order valence-corrected chi connectivity index (χ1v) is 6.00. The quantitative estimate of drug-likeness (QED) is 0.856. The van der Waals surface area contributed by atoms with E-state index in [-0.39, 0.29) is 18.9 Å². The lowest BCUT2D eigenvalue weighted by Gasteiger charge is -2.14. The molecule has 2 unspecified atom stereocenters. The van der Waals surface area contributed by atoms with Gasteiger partial charge in [-0.25, -0.2) is 9.97 Å². The van der Waals surface area contributed by atoms with Gasteiger partial charge < -0.3 is 20.1 Å². The molecule has 3 rings (SSSR count). The number of hydrogen-bond acceptors (Lipinski definition) is 5. The molecule has 6 nitrogen and oxygen atoms in total. The Labute approximate surface area is 110 Å². The lowest BCUT2D eigenvalue weighted by molar-refractivity contribution is -0.0204. The minimum absolute atomic E-state index is 0.0623. The van der Waals surface area contributed by atoms with Gasteiger partial charge in [0, 0.05) is 6.20 Å². The highest BCUT2D eigenvalue weighted by Gasteiger charge is 2.27. The van der Waals surface area contributed by atoms with E-state index in [1.54, 1.807) is 0 Å². The van der Waals surface area contributed by atoms with Crippen LogP contribution in [0.25, 0.3) is 11.0 Å². The molecule has 0 bridgehead atoms. The molecule has 0 spiro atoms. The Kier molecular flexibility index (Phi) is 4.28. The van der Waals surface area contributed by atoms with Gasteiger partial charge in [0.25, 0.3) is 0 Å². The lowest BCUT2D eigenvalue weighted by Crippen LogP contribution is -2.14. The number of aliphatic hydroxyl groups is 1. The Morgan fingerprint density at radius 2 is 2.26 bits per heavy atom. The van der Waals surface area contributed by atoms with Gasteiger partial charge in [-0.1, -0.05) is 0 Å². The molecule has 2 atom stereocenters. The van der Waals surface area contributed by atoms with Crippen LogP contribution in [0.1, 0.15) is 19.1 Å². The molecule has 7 heteroatoms. The number of nitrogen functional groups attached to an aromatic ring is 1. The van der Waals surface area contributed by atoms with Crippen LogP contribution in [0.3, 0.4) is 0 Å². The van der Waals surface area contributed by atoms with Crippen molar-refractivity contribution in [3.63, 3.8) is 0 Å². The molecule has 104 valence electrons. The summed E-state index contributed by atoms with van der Waals surface area (Å²) in [4.78, 5) is 8.18. The Hall–Kier alpha value is -1.73. The summed E-state index contributed by atoms with van der Waals surface area (Å²) in [5.74, 6) is 0.477. The molecule has 1 saturated heterocycles. The zero-order valence-electron chi connectivity index (χ0n) is 10.7. The summed E-state index contributed by atoms with van der Waals surface area (Å²) >= 11 is 0. The molecular formula is C12H17FN4O2. The molecule has 3 heterocycles. The van der Waals surface area contributed by atoms with Crippen molar-refractivity contribution in [2.24, 2.45) is 0 Å². The second-order valence-corrected chi connectivity index (χ2v) is 4.19. The van der Waals surface area contributed by atoms with Crippen LogP contribution in [0.5, 0.6) is 0 Å². The normalized spacial score (nSPS) is 22.3. The molecule has 0 saturated carbocycles. The highest BCUT2D eigenvalue weighted by Crippen LogP contribution is 2.31. The van der Waals surface area contributed by atoms with Gasteiger partial charge in [0.2, 0.25) is 0 Å². The molecule has 1 aliphatic heterocycles. The minimum Gasteiger partial charge on any atom is -0.394 e. The van der Waals surface area contributed by atoms with Crippen LogP contribution in [0.15, 0.2) is 18.6 Å². The number of nitrogens with two attached hydrogens (primary N) is 1. The third-order valence-electron chi connectivity index (χ3n) is 3.14. The summed E-state index contributed by atoms with van der Waals surface area (Å²) in [5.41, 5.74) is 6.56. The van der Waals surface area contributed by atoms with Gasteiger partial charge in [0.15, 0.2) is 0 Å². The van der Waals surface area contributed by atoms with E-state index in [0.29, 0.717) is 13.0 Å². The number of hydrogen-bond donors (Lipinski definition) is 2. The number of ether oxygens (including phenoxy) is 1. The third kappa shape index (κ3) is 2.52. The maximum Gasteiger partial charge on any atom is 0.147 e. The predicted molar refractivity (Wildman–Crippen MR) is 69.2 cm³/mol. The van der Waals surface area contributed by atoms with Gasteiger partial charge in [0.05, 0.1) is 25.3 Å². The number of aliphatic hydroxyl groups excluding tert-OH is 1. The Morgan fingerprint density at radius 3 is 2.95 bits per heavy atom. The first-order valence-electron chi connectivity index (χ1n) is 6.00. The molecule has 0 aliphatic carbocycles. The van der Waals surface area contributed by atoms with E-state index in [2.05, 4.69) is 9.97 Å². The van der Waals surface area contributed by atoms with Crippen molar-refractivity contribution in [1.29, 1.82) is 0 Å². The summed E-state index contributed by atoms with van der Waals surface area (Å²) in [6, 6.07) is 1.89. The number of nitrogens with zero attached hydrogens (tertiary/aromatic N) is 3. The first-order chi connectivity index (χ1) is 9.29. The highest BCUT2D eigenvalue weighted by atomic mass is 19.1. The van der Waals surface area contributed by atoms with Crippen LogP contribution in [-0.2, 0) is 4.74 Å². The van der Waals surface area contributed by atoms with Gasteiger partial charge in [-0.05, 0) is 18.9 Å². The molecule has 1 aliphatic rings. The van der Waals surface area contributed by atoms with E-state index >= 15 is 0 Å². The van der Waals surface area contributed by atoms with E-state index in [4.69, 9.17) is 15.6 Å². The molecule has 0 amide bonds. The van der Waals surface area contributed by atoms with Gasteiger partial charge in [0.1, 0.15) is 24.0 Å². The highest BCUT2D eigenvalue weighted by molar-refractivity contribution is 5.86. The maximum absolute atomic E-state index is 9.50. The standard InChI is InChI=1S/C11H14N4O2.CH3F/c12-10-8-3-4-15(11(8)14-6-13-10)9-2-1-7(5-16)17-9;1-2/h3-4,6-7,9,16H,1-2,5H2,(H2,12,13,14);1H3. The van der Waals surface area contributed by atoms with Gasteiger partial charge in [-0.3, -0.25) is 4.39 Å². The fraction of sp³-hybridized carbons (Fsp3) is 0.500. The number of halogens is 1. The molecule has 0 radical (unpaired) electrons. The Morgan fingerprint density at radius 1 is 1.47 bits per heavy atom. The number of alkyl halides is 1. The molecule has 2 aromatic heterocycles. The van der Waals surface area contributed by atoms with Crippen LogP contribution in [0.4, 0.5) is 10.2 Å². The largest absolute Gasteiger partial charge is 0.394 e. The number of fused-ring (bicyclic) bond motifs is 1. The lowest BCUT2D eigenvalue weighted by atomic mass is 10.2. The monoisotopic (exact) mass is 268 g/mol. The van der Waals surface area contributed by atoms with E-state index in [9.17, 15) is 4.39 Å². The van der Waals surface area contributed by atoms with Crippen LogP contribution < -0.4 is 5.73 Å². The van der Waals surface area contributed by atoms with Crippen LogP contribution in [0, 0.1) is 0 Å². The third-order valence-corrected chi connectivity index (χ3v) is 3.14. The predicted octanol–water partition coefficient (Wildman–Crippen LogP) is 1.27. The van der Waals surface area contributed by atoms with Crippen molar-refractivity contribution in [2.75, 3.05) is 19.5 Å². The van der Waals surface area contributed by atoms with Crippen molar-refractivity contribution in [3.8, 4) is 0 Å². The second-order valence-electron chi connectivity index (χ2n) is 4.19. The van der Waals surface area contributed by atoms with E-state index in [1.165, 1.54) is 6.33 Å². The summed E-state index contributed by atoms with van der Waals surface area (Å²) < 4.78 is 17.2. The van der Waals surface area contributed by atoms with Crippen molar-refractivity contribution in [2.45, 2.75) is 25.2 Å². The SMILES string of the molecule is CF.Nc1ncnc2c1ccn2C1CCC(CO)O1. The minimum atomic E-state index is -0.0726. The van der Waals surface area contributed by atoms with Gasteiger partial charge in [-0.15, -0.1) is 0 Å². The average molecular weight is 268 g/mol.